The van der Waals surface area contributed by atoms with Gasteiger partial charge in [-0.05, 0) is 141 Å². The highest BCUT2D eigenvalue weighted by atomic mass is 35.5. The van der Waals surface area contributed by atoms with Crippen molar-refractivity contribution in [3.63, 3.8) is 0 Å². The molecule has 19 nitrogen and oxygen atoms in total. The molecular formula is C77H63ClN10O9. The van der Waals surface area contributed by atoms with E-state index in [1.807, 2.05) is 205 Å². The lowest BCUT2D eigenvalue weighted by Crippen LogP contribution is -2.30. The van der Waals surface area contributed by atoms with Crippen LogP contribution in [0.25, 0.3) is 44.3 Å². The number of hydrogen-bond donors (Lipinski definition) is 3. The number of halogens is 1. The van der Waals surface area contributed by atoms with Gasteiger partial charge >= 0.3 is 11.9 Å². The second kappa shape index (κ2) is 28.7. The summed E-state index contributed by atoms with van der Waals surface area (Å²) in [5, 5.41) is 15.9. The number of amides is 4. The Morgan fingerprint density at radius 3 is 1.36 bits per heavy atom. The number of nitrogens with one attached hydrogen (secondary N) is 1. The zero-order valence-corrected chi connectivity index (χ0v) is 53.4. The molecule has 0 saturated carbocycles. The van der Waals surface area contributed by atoms with Crippen LogP contribution >= 0.6 is 11.6 Å². The van der Waals surface area contributed by atoms with Crippen molar-refractivity contribution >= 4 is 109 Å². The van der Waals surface area contributed by atoms with Crippen LogP contribution in [0.15, 0.2) is 218 Å². The van der Waals surface area contributed by atoms with E-state index in [1.165, 1.54) is 15.9 Å². The largest absolute Gasteiger partial charge is 0.399 e. The lowest BCUT2D eigenvalue weighted by molar-refractivity contribution is -0.384. The van der Waals surface area contributed by atoms with Crippen molar-refractivity contribution in [1.82, 2.24) is 19.9 Å². The van der Waals surface area contributed by atoms with E-state index in [2.05, 4.69) is 25.0 Å². The minimum atomic E-state index is -0.839. The maximum atomic E-state index is 13.4. The summed E-state index contributed by atoms with van der Waals surface area (Å²) in [6.45, 7) is 11.6. The van der Waals surface area contributed by atoms with Crippen LogP contribution in [0.3, 0.4) is 0 Å². The lowest BCUT2D eigenvalue weighted by atomic mass is 10.1. The van der Waals surface area contributed by atoms with Crippen LogP contribution in [-0.4, -0.2) is 60.4 Å². The zero-order chi connectivity index (χ0) is 68.1. The van der Waals surface area contributed by atoms with Gasteiger partial charge in [0.2, 0.25) is 11.2 Å². The van der Waals surface area contributed by atoms with E-state index in [9.17, 15) is 38.9 Å². The number of esters is 2. The molecule has 3 aliphatic rings. The Kier molecular flexibility index (Phi) is 19.9. The maximum Gasteiger partial charge on any atom is 0.347 e. The summed E-state index contributed by atoms with van der Waals surface area (Å²) in [5.74, 6) is -2.44. The molecule has 12 aromatic rings. The molecule has 2 aromatic heterocycles. The number of non-ortho nitro benzene ring substituents is 1. The van der Waals surface area contributed by atoms with Gasteiger partial charge in [-0.15, -0.1) is 0 Å². The summed E-state index contributed by atoms with van der Waals surface area (Å²) in [7, 11) is 0. The first-order valence-corrected chi connectivity index (χ1v) is 30.4. The van der Waals surface area contributed by atoms with E-state index < -0.39 is 16.9 Å². The topological polar surface area (TPSA) is 277 Å². The van der Waals surface area contributed by atoms with E-state index in [0.29, 0.717) is 51.0 Å². The van der Waals surface area contributed by atoms with Crippen molar-refractivity contribution in [3.8, 4) is 22.5 Å². The first-order valence-electron chi connectivity index (χ1n) is 30.0. The summed E-state index contributed by atoms with van der Waals surface area (Å²) < 4.78 is 4.27. The number of fused-ring (bicyclic) bond motifs is 5. The quantitative estimate of drug-likeness (QED) is 0.0254. The average molecular weight is 1310 g/mol. The fourth-order valence-corrected chi connectivity index (χ4v) is 11.4. The molecular weight excluding hydrogens is 1240 g/mol. The molecule has 0 atom stereocenters. The summed E-state index contributed by atoms with van der Waals surface area (Å²) in [5.41, 5.74) is 27.3. The molecule has 0 saturated heterocycles. The molecule has 5 heterocycles. The highest BCUT2D eigenvalue weighted by Gasteiger charge is 2.40. The molecule has 3 aliphatic heterocycles. The minimum absolute atomic E-state index is 0. The van der Waals surface area contributed by atoms with Gasteiger partial charge < -0.3 is 21.5 Å². The molecule has 15 rings (SSSR count). The van der Waals surface area contributed by atoms with Crippen LogP contribution < -0.4 is 26.6 Å². The zero-order valence-electron chi connectivity index (χ0n) is 52.6. The van der Waals surface area contributed by atoms with Crippen molar-refractivity contribution in [1.29, 1.82) is 0 Å². The molecule has 5 N–H and O–H groups in total. The number of ether oxygens (including phenoxy) is 1. The third-order valence-electron chi connectivity index (χ3n) is 16.0. The first-order chi connectivity index (χ1) is 46.2. The average Bonchev–Trinajstić information content (AvgIpc) is 1.61. The third kappa shape index (κ3) is 14.0. The lowest BCUT2D eigenvalue weighted by Gasteiger charge is -2.19. The van der Waals surface area contributed by atoms with Crippen LogP contribution in [0.4, 0.5) is 40.1 Å². The highest BCUT2D eigenvalue weighted by molar-refractivity contribution is 6.36. The molecule has 482 valence electrons. The van der Waals surface area contributed by atoms with Crippen LogP contribution in [0.5, 0.6) is 0 Å². The number of carbonyl (C=O) groups is 6. The fraction of sp³-hybridized carbons (Fsp3) is 0.0909. The van der Waals surface area contributed by atoms with Crippen LogP contribution in [-0.2, 0) is 4.74 Å². The summed E-state index contributed by atoms with van der Waals surface area (Å²) in [6, 6.07) is 66.5. The van der Waals surface area contributed by atoms with Gasteiger partial charge in [0.25, 0.3) is 29.3 Å². The van der Waals surface area contributed by atoms with Crippen LogP contribution in [0.2, 0.25) is 5.28 Å². The van der Waals surface area contributed by atoms with Gasteiger partial charge in [-0.1, -0.05) is 159 Å². The molecule has 4 amide bonds. The Hall–Kier alpha value is -12.6. The van der Waals surface area contributed by atoms with E-state index in [1.54, 1.807) is 36.4 Å². The number of para-hydroxylation sites is 5. The van der Waals surface area contributed by atoms with Gasteiger partial charge in [0.05, 0.1) is 72.1 Å². The van der Waals surface area contributed by atoms with Crippen molar-refractivity contribution in [3.05, 3.63) is 301 Å². The van der Waals surface area contributed by atoms with E-state index in [4.69, 9.17) is 28.1 Å². The number of nitro benzene ring substituents is 1. The maximum absolute atomic E-state index is 13.4. The van der Waals surface area contributed by atoms with E-state index in [0.717, 1.165) is 95.5 Å². The van der Waals surface area contributed by atoms with Crippen LogP contribution in [0, 0.1) is 51.7 Å². The Morgan fingerprint density at radius 2 is 0.856 bits per heavy atom. The Labute approximate surface area is 563 Å². The monoisotopic (exact) mass is 1310 g/mol. The first kappa shape index (κ1) is 67.3. The number of nitro groups is 1. The third-order valence-corrected chi connectivity index (χ3v) is 16.2. The summed E-state index contributed by atoms with van der Waals surface area (Å²) in [6.07, 6.45) is 0. The second-order valence-corrected chi connectivity index (χ2v) is 22.9. The molecule has 0 spiro atoms. The van der Waals surface area contributed by atoms with Gasteiger partial charge in [0.15, 0.2) is 0 Å². The fourth-order valence-electron chi connectivity index (χ4n) is 11.3. The molecule has 0 bridgehead atoms. The number of aromatic nitrogens is 4. The number of aryl methyl sites for hydroxylation is 6. The highest BCUT2D eigenvalue weighted by Crippen LogP contribution is 2.37. The van der Waals surface area contributed by atoms with Crippen molar-refractivity contribution in [2.24, 2.45) is 0 Å². The number of cyclic esters (lactones) is 2. The molecule has 0 fully saturated rings. The van der Waals surface area contributed by atoms with Crippen molar-refractivity contribution in [2.45, 2.75) is 49.0 Å². The molecule has 97 heavy (non-hydrogen) atoms. The Bertz CT molecular complexity index is 5090. The Morgan fingerprint density at radius 1 is 0.433 bits per heavy atom. The van der Waals surface area contributed by atoms with Crippen molar-refractivity contribution in [2.75, 3.05) is 26.6 Å². The number of carbonyl (C=O) groups excluding carboxylic acids is 6. The Balaban J connectivity index is 0.000000142. The van der Waals surface area contributed by atoms with Crippen molar-refractivity contribution < 1.29 is 38.4 Å². The number of nitrogen functional groups attached to an aromatic ring is 2. The molecule has 0 radical (unpaired) electrons. The van der Waals surface area contributed by atoms with Gasteiger partial charge in [-0.3, -0.25) is 29.3 Å². The molecule has 0 unspecified atom stereocenters. The number of nitrogens with zero attached hydrogens (tertiary/aromatic N) is 7. The van der Waals surface area contributed by atoms with Crippen LogP contribution in [0.1, 0.15) is 103 Å². The van der Waals surface area contributed by atoms with Gasteiger partial charge in [-0.25, -0.2) is 39.3 Å². The summed E-state index contributed by atoms with van der Waals surface area (Å²) >= 11 is 5.95. The van der Waals surface area contributed by atoms with E-state index >= 15 is 0 Å². The second-order valence-electron chi connectivity index (χ2n) is 22.5. The number of anilines is 6. The molecule has 0 aliphatic carbocycles. The number of nitrogens with two attached hydrogens (primary N) is 2. The SMILES string of the molecule is C.Cc1cccc(C)c1N.Cc1cccc(C)c1N1C(=O)c2ccc(N)cc2C1=O.Cc1cccc(C)c1N1C(=O)c2ccc(Nc3nc(-c4ccccc4)c4ccccc4n3)cc2C1=O.Clc1nc(-c2ccccc2)c2ccccc2n1.O=C1OC(=O)c2cc([N+](=O)[O-])ccc21. The minimum Gasteiger partial charge on any atom is -0.399 e. The smallest absolute Gasteiger partial charge is 0.347 e. The summed E-state index contributed by atoms with van der Waals surface area (Å²) in [4.78, 5) is 104. The number of rotatable bonds is 7. The normalized spacial score (nSPS) is 12.3. The predicted octanol–water partition coefficient (Wildman–Crippen LogP) is 16.5. The van der Waals surface area contributed by atoms with Gasteiger partial charge in [-0.2, -0.15) is 0 Å². The molecule has 10 aromatic carbocycles. The van der Waals surface area contributed by atoms with E-state index in [-0.39, 0.29) is 53.2 Å². The predicted molar refractivity (Wildman–Crippen MR) is 380 cm³/mol. The van der Waals surface area contributed by atoms with Gasteiger partial charge in [0, 0.05) is 51.1 Å². The standard InChI is InChI=1S/C30H22N4O2.C16H14N2O2.C14H9ClN2.C8H3NO5.C8H11N.CH4/c1-18-9-8-10-19(2)27(18)34-28(35)22-16-15-21(17-24(22)29(34)36)31-30-32-25-14-7-6-13-23(25)26(33-30)20-11-4-3-5-12-20;1-9-4-3-5-10(2)14(9)18-15(19)12-7-6-11(17)8-13(12)16(18)20;15-14-16-12-9-5-4-8-11(12)13(17-14)10-6-2-1-3-7-10;10-7-5-2-1-4(9(12)13)3-6(5)8(11)14-7;1-6-4-3-5-7(2)8(6)9;/h3-17H,1-2H3,(H,31,32,33);3-8H,17H2,1-2H3;1-9H;1-3H;3-5H,9H2,1-2H3;1H4. The van der Waals surface area contributed by atoms with Gasteiger partial charge in [0.1, 0.15) is 0 Å². The number of hydrogen-bond acceptors (Lipinski definition) is 16. The number of benzene rings is 10. The molecule has 20 heteroatoms. The number of imide groups is 2.